The molecule has 0 radical (unpaired) electrons. The number of ether oxygens (including phenoxy) is 2. The highest BCUT2D eigenvalue weighted by atomic mass is 16.7. The molecule has 4 heterocycles. The van der Waals surface area contributed by atoms with E-state index in [9.17, 15) is 9.59 Å². The van der Waals surface area contributed by atoms with Crippen LogP contribution >= 0.6 is 0 Å². The van der Waals surface area contributed by atoms with Crippen molar-refractivity contribution in [3.8, 4) is 17.2 Å². The van der Waals surface area contributed by atoms with Crippen LogP contribution in [0.15, 0.2) is 59.7 Å². The molecule has 2 aromatic heterocycles. The van der Waals surface area contributed by atoms with Gasteiger partial charge in [-0.25, -0.2) is 0 Å². The monoisotopic (exact) mass is 417 g/mol. The summed E-state index contributed by atoms with van der Waals surface area (Å²) >= 11 is 0. The van der Waals surface area contributed by atoms with Crippen molar-refractivity contribution in [2.24, 2.45) is 5.92 Å². The molecule has 0 N–H and O–H groups in total. The summed E-state index contributed by atoms with van der Waals surface area (Å²) in [6, 6.07) is 13.0. The highest BCUT2D eigenvalue weighted by Gasteiger charge is 2.30. The molecule has 0 saturated carbocycles. The minimum atomic E-state index is -0.322. The molecule has 1 saturated heterocycles. The molecular weight excluding hydrogens is 394 g/mol. The average molecular weight is 417 g/mol. The molecule has 5 rings (SSSR count). The Kier molecular flexibility index (Phi) is 4.94. The highest BCUT2D eigenvalue weighted by molar-refractivity contribution is 5.95. The van der Waals surface area contributed by atoms with Crippen LogP contribution in [0.25, 0.3) is 5.69 Å². The van der Waals surface area contributed by atoms with Crippen molar-refractivity contribution >= 4 is 5.91 Å². The Morgan fingerprint density at radius 3 is 2.87 bits per heavy atom. The van der Waals surface area contributed by atoms with E-state index in [2.05, 4.69) is 4.98 Å². The first-order chi connectivity index (χ1) is 15.1. The quantitative estimate of drug-likeness (QED) is 0.653. The van der Waals surface area contributed by atoms with E-state index in [1.807, 2.05) is 18.2 Å². The molecule has 1 atom stereocenters. The third-order valence-corrected chi connectivity index (χ3v) is 5.95. The van der Waals surface area contributed by atoms with Crippen molar-refractivity contribution in [1.29, 1.82) is 0 Å². The molecule has 7 nitrogen and oxygen atoms in total. The van der Waals surface area contributed by atoms with Gasteiger partial charge in [0.05, 0.1) is 5.69 Å². The Balaban J connectivity index is 1.39. The maximum absolute atomic E-state index is 13.3. The topological polar surface area (TPSA) is 73.7 Å². The van der Waals surface area contributed by atoms with Crippen molar-refractivity contribution in [3.05, 3.63) is 82.0 Å². The van der Waals surface area contributed by atoms with Gasteiger partial charge in [-0.1, -0.05) is 6.07 Å². The number of carbonyl (C=O) groups excluding carboxylic acids is 1. The number of rotatable bonds is 4. The molecule has 1 amide bonds. The van der Waals surface area contributed by atoms with Crippen LogP contribution in [0.5, 0.6) is 11.5 Å². The van der Waals surface area contributed by atoms with Gasteiger partial charge in [-0.05, 0) is 61.6 Å². The minimum absolute atomic E-state index is 0.167. The highest BCUT2D eigenvalue weighted by Crippen LogP contribution is 2.33. The van der Waals surface area contributed by atoms with Crippen LogP contribution in [0, 0.1) is 12.8 Å². The SMILES string of the molecule is Cc1ccn(-c2ccc3c(c2)OCO3)c(=O)c1C(=O)N1CCC(Cc2ccccn2)C1. The van der Waals surface area contributed by atoms with Gasteiger partial charge >= 0.3 is 0 Å². The molecule has 2 aliphatic rings. The van der Waals surface area contributed by atoms with Gasteiger partial charge in [0.1, 0.15) is 5.56 Å². The van der Waals surface area contributed by atoms with E-state index in [4.69, 9.17) is 9.47 Å². The molecule has 0 bridgehead atoms. The zero-order valence-corrected chi connectivity index (χ0v) is 17.3. The van der Waals surface area contributed by atoms with Gasteiger partial charge in [-0.15, -0.1) is 0 Å². The maximum atomic E-state index is 13.3. The van der Waals surface area contributed by atoms with Crippen LogP contribution in [0.4, 0.5) is 0 Å². The van der Waals surface area contributed by atoms with Gasteiger partial charge in [0.2, 0.25) is 6.79 Å². The minimum Gasteiger partial charge on any atom is -0.454 e. The fourth-order valence-electron chi connectivity index (χ4n) is 4.28. The van der Waals surface area contributed by atoms with Crippen molar-refractivity contribution in [2.45, 2.75) is 19.8 Å². The lowest BCUT2D eigenvalue weighted by atomic mass is 10.0. The molecule has 1 aromatic carbocycles. The first-order valence-corrected chi connectivity index (χ1v) is 10.4. The smallest absolute Gasteiger partial charge is 0.268 e. The molecule has 0 spiro atoms. The Hall–Kier alpha value is -3.61. The van der Waals surface area contributed by atoms with E-state index < -0.39 is 0 Å². The molecule has 0 aliphatic carbocycles. The Bertz CT molecular complexity index is 1190. The third-order valence-electron chi connectivity index (χ3n) is 5.95. The lowest BCUT2D eigenvalue weighted by molar-refractivity contribution is 0.0784. The van der Waals surface area contributed by atoms with Crippen LogP contribution < -0.4 is 15.0 Å². The van der Waals surface area contributed by atoms with Gasteiger partial charge in [0, 0.05) is 37.2 Å². The van der Waals surface area contributed by atoms with Gasteiger partial charge in [-0.2, -0.15) is 0 Å². The zero-order chi connectivity index (χ0) is 21.4. The summed E-state index contributed by atoms with van der Waals surface area (Å²) in [5.41, 5.74) is 2.25. The molecule has 1 unspecified atom stereocenters. The number of hydrogen-bond donors (Lipinski definition) is 0. The van der Waals surface area contributed by atoms with Crippen molar-refractivity contribution in [1.82, 2.24) is 14.5 Å². The van der Waals surface area contributed by atoms with Crippen LogP contribution in [0.2, 0.25) is 0 Å². The van der Waals surface area contributed by atoms with E-state index in [-0.39, 0.29) is 23.8 Å². The predicted molar refractivity (Wildman–Crippen MR) is 115 cm³/mol. The second-order valence-corrected chi connectivity index (χ2v) is 8.02. The fourth-order valence-corrected chi connectivity index (χ4v) is 4.28. The van der Waals surface area contributed by atoms with E-state index in [0.717, 1.165) is 18.5 Å². The van der Waals surface area contributed by atoms with Crippen LogP contribution in [0.1, 0.15) is 28.0 Å². The standard InChI is InChI=1S/C24H23N3O4/c1-16-7-11-27(19-5-6-20-21(13-19)31-15-30-20)24(29)22(16)23(28)26-10-8-17(14-26)12-18-4-2-3-9-25-18/h2-7,9,11,13,17H,8,10,12,14-15H2,1H3. The van der Waals surface area contributed by atoms with Gasteiger partial charge < -0.3 is 14.4 Å². The fraction of sp³-hybridized carbons (Fsp3) is 0.292. The number of amides is 1. The molecule has 31 heavy (non-hydrogen) atoms. The molecule has 3 aromatic rings. The Morgan fingerprint density at radius 1 is 1.16 bits per heavy atom. The summed E-state index contributed by atoms with van der Waals surface area (Å²) in [5.74, 6) is 1.38. The van der Waals surface area contributed by atoms with Crippen molar-refractivity contribution in [3.63, 3.8) is 0 Å². The van der Waals surface area contributed by atoms with Gasteiger partial charge in [0.15, 0.2) is 11.5 Å². The second kappa shape index (κ2) is 7.91. The summed E-state index contributed by atoms with van der Waals surface area (Å²) in [6.07, 6.45) is 5.23. The van der Waals surface area contributed by atoms with E-state index in [0.29, 0.717) is 41.8 Å². The molecule has 2 aliphatic heterocycles. The lowest BCUT2D eigenvalue weighted by Crippen LogP contribution is -2.36. The van der Waals surface area contributed by atoms with Crippen molar-refractivity contribution in [2.75, 3.05) is 19.9 Å². The normalized spacial score (nSPS) is 17.2. The number of carbonyl (C=O) groups is 1. The molecular formula is C24H23N3O4. The lowest BCUT2D eigenvalue weighted by Gasteiger charge is -2.18. The van der Waals surface area contributed by atoms with Crippen LogP contribution in [-0.2, 0) is 6.42 Å². The Morgan fingerprint density at radius 2 is 2.03 bits per heavy atom. The largest absolute Gasteiger partial charge is 0.454 e. The summed E-state index contributed by atoms with van der Waals surface area (Å²) < 4.78 is 12.3. The summed E-state index contributed by atoms with van der Waals surface area (Å²) in [7, 11) is 0. The van der Waals surface area contributed by atoms with E-state index in [1.165, 1.54) is 4.57 Å². The Labute approximate surface area is 179 Å². The summed E-state index contributed by atoms with van der Waals surface area (Å²) in [5, 5.41) is 0. The average Bonchev–Trinajstić information content (AvgIpc) is 3.43. The second-order valence-electron chi connectivity index (χ2n) is 8.02. The first-order valence-electron chi connectivity index (χ1n) is 10.4. The number of aromatic nitrogens is 2. The third kappa shape index (κ3) is 3.67. The number of aryl methyl sites for hydroxylation is 1. The zero-order valence-electron chi connectivity index (χ0n) is 17.3. The van der Waals surface area contributed by atoms with E-state index >= 15 is 0 Å². The van der Waals surface area contributed by atoms with Crippen LogP contribution in [0.3, 0.4) is 0 Å². The predicted octanol–water partition coefficient (Wildman–Crippen LogP) is 2.97. The van der Waals surface area contributed by atoms with Gasteiger partial charge in [0.25, 0.3) is 11.5 Å². The number of pyridine rings is 2. The maximum Gasteiger partial charge on any atom is 0.268 e. The summed E-state index contributed by atoms with van der Waals surface area (Å²) in [4.78, 5) is 32.8. The molecule has 1 fully saturated rings. The summed E-state index contributed by atoms with van der Waals surface area (Å²) in [6.45, 7) is 3.25. The number of hydrogen-bond acceptors (Lipinski definition) is 5. The molecule has 7 heteroatoms. The number of fused-ring (bicyclic) bond motifs is 1. The van der Waals surface area contributed by atoms with Crippen molar-refractivity contribution < 1.29 is 14.3 Å². The number of nitrogens with zero attached hydrogens (tertiary/aromatic N) is 3. The first kappa shape index (κ1) is 19.4. The number of benzene rings is 1. The van der Waals surface area contributed by atoms with E-state index in [1.54, 1.807) is 48.5 Å². The van der Waals surface area contributed by atoms with Gasteiger partial charge in [-0.3, -0.25) is 19.1 Å². The molecule has 158 valence electrons. The number of likely N-dealkylation sites (tertiary alicyclic amines) is 1. The van der Waals surface area contributed by atoms with Crippen LogP contribution in [-0.4, -0.2) is 40.2 Å².